The molecule has 0 aliphatic heterocycles. The average Bonchev–Trinajstić information content (AvgIpc) is 2.36. The summed E-state index contributed by atoms with van der Waals surface area (Å²) in [6, 6.07) is 8.53. The zero-order valence-electron chi connectivity index (χ0n) is 12.2. The fourth-order valence-electron chi connectivity index (χ4n) is 2.41. The zero-order chi connectivity index (χ0) is 14.5. The van der Waals surface area contributed by atoms with Crippen molar-refractivity contribution in [2.45, 2.75) is 38.6 Å². The van der Waals surface area contributed by atoms with Gasteiger partial charge in [0.25, 0.3) is 0 Å². The minimum absolute atomic E-state index is 0.0913. The van der Waals surface area contributed by atoms with Crippen molar-refractivity contribution >= 4 is 17.5 Å². The molecule has 0 aromatic heterocycles. The molecule has 1 aliphatic rings. The van der Waals surface area contributed by atoms with Gasteiger partial charge in [0.2, 0.25) is 5.91 Å². The van der Waals surface area contributed by atoms with Crippen molar-refractivity contribution in [3.63, 3.8) is 0 Å². The lowest BCUT2D eigenvalue weighted by Crippen LogP contribution is -2.45. The van der Waals surface area contributed by atoms with Crippen LogP contribution < -0.4 is 10.6 Å². The Bertz CT molecular complexity index is 438. The Labute approximate surface area is 126 Å². The summed E-state index contributed by atoms with van der Waals surface area (Å²) in [5, 5.41) is 7.02. The molecular formula is C16H23ClN2O. The number of carbonyl (C=O) groups is 1. The minimum Gasteiger partial charge on any atom is -0.355 e. The molecule has 4 heteroatoms. The van der Waals surface area contributed by atoms with Crippen LogP contribution in [0.4, 0.5) is 0 Å². The molecule has 1 aliphatic carbocycles. The van der Waals surface area contributed by atoms with Crippen LogP contribution in [0, 0.1) is 5.92 Å². The molecule has 0 unspecified atom stereocenters. The number of benzene rings is 1. The standard InChI is InChI=1S/C16H23ClN2O/c1-11(2)9-19-16(20)10-18-15-7-13(8-15)12-3-5-14(17)6-4-12/h3-6,11,13,15,18H,7-10H2,1-2H3,(H,19,20). The first kappa shape index (κ1) is 15.3. The quantitative estimate of drug-likeness (QED) is 0.847. The summed E-state index contributed by atoms with van der Waals surface area (Å²) in [6.07, 6.45) is 2.19. The number of carbonyl (C=O) groups excluding carboxylic acids is 1. The van der Waals surface area contributed by atoms with Crippen molar-refractivity contribution in [2.75, 3.05) is 13.1 Å². The van der Waals surface area contributed by atoms with Gasteiger partial charge in [0.1, 0.15) is 0 Å². The molecule has 0 bridgehead atoms. The molecule has 110 valence electrons. The molecule has 1 saturated carbocycles. The predicted octanol–water partition coefficient (Wildman–Crippen LogP) is 2.95. The van der Waals surface area contributed by atoms with Crippen molar-refractivity contribution < 1.29 is 4.79 Å². The van der Waals surface area contributed by atoms with Gasteiger partial charge in [-0.1, -0.05) is 37.6 Å². The number of rotatable bonds is 6. The second kappa shape index (κ2) is 7.09. The molecule has 0 saturated heterocycles. The Morgan fingerprint density at radius 2 is 1.95 bits per heavy atom. The highest BCUT2D eigenvalue weighted by molar-refractivity contribution is 6.30. The second-order valence-electron chi connectivity index (χ2n) is 6.00. The third-order valence-corrected chi connectivity index (χ3v) is 3.99. The van der Waals surface area contributed by atoms with E-state index in [1.165, 1.54) is 5.56 Å². The summed E-state index contributed by atoms with van der Waals surface area (Å²) >= 11 is 5.89. The van der Waals surface area contributed by atoms with Gasteiger partial charge in [0.15, 0.2) is 0 Å². The predicted molar refractivity (Wildman–Crippen MR) is 83.1 cm³/mol. The second-order valence-corrected chi connectivity index (χ2v) is 6.43. The Morgan fingerprint density at radius 1 is 1.30 bits per heavy atom. The van der Waals surface area contributed by atoms with Crippen LogP contribution in [0.1, 0.15) is 38.2 Å². The van der Waals surface area contributed by atoms with E-state index in [2.05, 4.69) is 36.6 Å². The Hall–Kier alpha value is -1.06. The average molecular weight is 295 g/mol. The third kappa shape index (κ3) is 4.50. The maximum absolute atomic E-state index is 11.6. The van der Waals surface area contributed by atoms with Gasteiger partial charge in [-0.3, -0.25) is 4.79 Å². The van der Waals surface area contributed by atoms with Crippen LogP contribution in [0.3, 0.4) is 0 Å². The summed E-state index contributed by atoms with van der Waals surface area (Å²) in [4.78, 5) is 11.6. The van der Waals surface area contributed by atoms with E-state index < -0.39 is 0 Å². The first-order valence-electron chi connectivity index (χ1n) is 7.30. The summed E-state index contributed by atoms with van der Waals surface area (Å²) in [5.41, 5.74) is 1.34. The number of nitrogens with one attached hydrogen (secondary N) is 2. The summed E-state index contributed by atoms with van der Waals surface area (Å²) in [6.45, 7) is 5.36. The number of hydrogen-bond donors (Lipinski definition) is 2. The molecule has 1 aromatic carbocycles. The first-order chi connectivity index (χ1) is 9.54. The van der Waals surface area contributed by atoms with E-state index in [0.29, 0.717) is 24.4 Å². The van der Waals surface area contributed by atoms with Crippen LogP contribution in [0.2, 0.25) is 5.02 Å². The van der Waals surface area contributed by atoms with E-state index in [-0.39, 0.29) is 5.91 Å². The summed E-state index contributed by atoms with van der Waals surface area (Å²) in [7, 11) is 0. The molecule has 2 N–H and O–H groups in total. The molecule has 0 radical (unpaired) electrons. The van der Waals surface area contributed by atoms with E-state index in [0.717, 1.165) is 24.4 Å². The lowest BCUT2D eigenvalue weighted by Gasteiger charge is -2.36. The number of halogens is 1. The first-order valence-corrected chi connectivity index (χ1v) is 7.68. The van der Waals surface area contributed by atoms with Gasteiger partial charge in [-0.05, 0) is 42.4 Å². The van der Waals surface area contributed by atoms with E-state index in [4.69, 9.17) is 11.6 Å². The van der Waals surface area contributed by atoms with Crippen LogP contribution in [-0.4, -0.2) is 25.0 Å². The summed E-state index contributed by atoms with van der Waals surface area (Å²) in [5.74, 6) is 1.19. The monoisotopic (exact) mass is 294 g/mol. The highest BCUT2D eigenvalue weighted by atomic mass is 35.5. The minimum atomic E-state index is 0.0913. The van der Waals surface area contributed by atoms with E-state index in [1.54, 1.807) is 0 Å². The number of amides is 1. The van der Waals surface area contributed by atoms with E-state index in [9.17, 15) is 4.79 Å². The lowest BCUT2D eigenvalue weighted by atomic mass is 9.76. The topological polar surface area (TPSA) is 41.1 Å². The molecule has 0 heterocycles. The molecule has 3 nitrogen and oxygen atoms in total. The SMILES string of the molecule is CC(C)CNC(=O)CNC1CC(c2ccc(Cl)cc2)C1. The van der Waals surface area contributed by atoms with E-state index in [1.807, 2.05) is 12.1 Å². The van der Waals surface area contributed by atoms with Gasteiger partial charge in [0.05, 0.1) is 6.54 Å². The Kier molecular flexibility index (Phi) is 5.44. The van der Waals surface area contributed by atoms with Crippen LogP contribution >= 0.6 is 11.6 Å². The fourth-order valence-corrected chi connectivity index (χ4v) is 2.54. The van der Waals surface area contributed by atoms with Gasteiger partial charge in [-0.2, -0.15) is 0 Å². The molecule has 20 heavy (non-hydrogen) atoms. The van der Waals surface area contributed by atoms with Crippen molar-refractivity contribution in [1.29, 1.82) is 0 Å². The molecule has 1 fully saturated rings. The third-order valence-electron chi connectivity index (χ3n) is 3.74. The van der Waals surface area contributed by atoms with Gasteiger partial charge >= 0.3 is 0 Å². The van der Waals surface area contributed by atoms with E-state index >= 15 is 0 Å². The molecule has 0 spiro atoms. The lowest BCUT2D eigenvalue weighted by molar-refractivity contribution is -0.120. The van der Waals surface area contributed by atoms with Crippen LogP contribution in [0.15, 0.2) is 24.3 Å². The number of hydrogen-bond acceptors (Lipinski definition) is 2. The van der Waals surface area contributed by atoms with Crippen molar-refractivity contribution in [2.24, 2.45) is 5.92 Å². The molecule has 1 amide bonds. The maximum Gasteiger partial charge on any atom is 0.233 e. The molecule has 0 atom stereocenters. The van der Waals surface area contributed by atoms with Gasteiger partial charge in [0, 0.05) is 17.6 Å². The maximum atomic E-state index is 11.6. The van der Waals surface area contributed by atoms with Gasteiger partial charge in [-0.25, -0.2) is 0 Å². The largest absolute Gasteiger partial charge is 0.355 e. The van der Waals surface area contributed by atoms with Gasteiger partial charge < -0.3 is 10.6 Å². The van der Waals surface area contributed by atoms with Crippen LogP contribution in [0.5, 0.6) is 0 Å². The Balaban J connectivity index is 1.64. The molecule has 2 rings (SSSR count). The molecular weight excluding hydrogens is 272 g/mol. The van der Waals surface area contributed by atoms with Crippen molar-refractivity contribution in [3.05, 3.63) is 34.9 Å². The van der Waals surface area contributed by atoms with Crippen LogP contribution in [-0.2, 0) is 4.79 Å². The molecule has 1 aromatic rings. The van der Waals surface area contributed by atoms with Gasteiger partial charge in [-0.15, -0.1) is 0 Å². The fraction of sp³-hybridized carbons (Fsp3) is 0.562. The summed E-state index contributed by atoms with van der Waals surface area (Å²) < 4.78 is 0. The van der Waals surface area contributed by atoms with Crippen LogP contribution in [0.25, 0.3) is 0 Å². The highest BCUT2D eigenvalue weighted by Crippen LogP contribution is 2.37. The highest BCUT2D eigenvalue weighted by Gasteiger charge is 2.30. The van der Waals surface area contributed by atoms with Crippen molar-refractivity contribution in [3.8, 4) is 0 Å². The zero-order valence-corrected chi connectivity index (χ0v) is 12.9. The Morgan fingerprint density at radius 3 is 2.55 bits per heavy atom. The van der Waals surface area contributed by atoms with Crippen molar-refractivity contribution in [1.82, 2.24) is 10.6 Å². The smallest absolute Gasteiger partial charge is 0.233 e. The normalized spacial score (nSPS) is 21.6.